The average Bonchev–Trinajstić information content (AvgIpc) is 3.21. The highest BCUT2D eigenvalue weighted by Crippen LogP contribution is 2.30. The number of rotatable bonds is 11. The molecule has 2 N–H and O–H groups in total. The Bertz CT molecular complexity index is 1340. The van der Waals surface area contributed by atoms with Gasteiger partial charge in [0.05, 0.1) is 16.7 Å². The largest absolute Gasteiger partial charge is 0.382 e. The number of hydrogen-bond acceptors (Lipinski definition) is 5. The topological polar surface area (TPSA) is 77.0 Å². The van der Waals surface area contributed by atoms with Crippen molar-refractivity contribution in [1.29, 1.82) is 0 Å². The van der Waals surface area contributed by atoms with Gasteiger partial charge in [-0.1, -0.05) is 38.0 Å². The first-order valence-electron chi connectivity index (χ1n) is 12.4. The number of aryl methyl sites for hydroxylation is 2. The summed E-state index contributed by atoms with van der Waals surface area (Å²) in [5, 5.41) is 1.06. The summed E-state index contributed by atoms with van der Waals surface area (Å²) in [7, 11) is 3.56. The van der Waals surface area contributed by atoms with Crippen LogP contribution >= 0.6 is 0 Å². The fraction of sp³-hybridized carbons (Fsp3) is 0.393. The lowest BCUT2D eigenvalue weighted by Crippen LogP contribution is -2.11. The third-order valence-corrected chi connectivity index (χ3v) is 6.48. The SMILES string of the molecule is CCCCc1nc2c(N)nc3ccccc3c2n1CCCCCC(=O)c1ccc(N(C)C)c(F)c1. The lowest BCUT2D eigenvalue weighted by atomic mass is 10.0. The van der Waals surface area contributed by atoms with E-state index < -0.39 is 0 Å². The monoisotopic (exact) mass is 475 g/mol. The number of nitrogen functional groups attached to an aromatic ring is 1. The van der Waals surface area contributed by atoms with E-state index >= 15 is 0 Å². The van der Waals surface area contributed by atoms with Crippen LogP contribution < -0.4 is 10.6 Å². The minimum atomic E-state index is -0.367. The molecule has 7 heteroatoms. The first-order chi connectivity index (χ1) is 16.9. The number of pyridine rings is 1. The summed E-state index contributed by atoms with van der Waals surface area (Å²) < 4.78 is 16.5. The summed E-state index contributed by atoms with van der Waals surface area (Å²) in [5.41, 5.74) is 9.89. The molecule has 2 aromatic heterocycles. The molecule has 0 aliphatic carbocycles. The van der Waals surface area contributed by atoms with E-state index in [-0.39, 0.29) is 11.6 Å². The number of carbonyl (C=O) groups excluding carboxylic acids is 1. The number of carbonyl (C=O) groups is 1. The molecule has 0 bridgehead atoms. The predicted octanol–water partition coefficient (Wildman–Crippen LogP) is 6.16. The van der Waals surface area contributed by atoms with Crippen molar-refractivity contribution in [3.63, 3.8) is 0 Å². The van der Waals surface area contributed by atoms with Gasteiger partial charge in [-0.25, -0.2) is 14.4 Å². The lowest BCUT2D eigenvalue weighted by Gasteiger charge is -2.14. The van der Waals surface area contributed by atoms with Crippen LogP contribution in [-0.2, 0) is 13.0 Å². The molecule has 0 saturated heterocycles. The van der Waals surface area contributed by atoms with Crippen molar-refractivity contribution in [2.75, 3.05) is 24.7 Å². The Labute approximate surface area is 206 Å². The maximum atomic E-state index is 14.2. The van der Waals surface area contributed by atoms with Crippen LogP contribution in [0.25, 0.3) is 21.9 Å². The van der Waals surface area contributed by atoms with E-state index in [4.69, 9.17) is 10.7 Å². The summed E-state index contributed by atoms with van der Waals surface area (Å²) in [6.07, 6.45) is 6.04. The molecule has 2 heterocycles. The van der Waals surface area contributed by atoms with Crippen molar-refractivity contribution in [1.82, 2.24) is 14.5 Å². The Morgan fingerprint density at radius 2 is 1.86 bits per heavy atom. The minimum absolute atomic E-state index is 0.0178. The number of imidazole rings is 1. The minimum Gasteiger partial charge on any atom is -0.382 e. The quantitative estimate of drug-likeness (QED) is 0.208. The lowest BCUT2D eigenvalue weighted by molar-refractivity contribution is 0.0978. The maximum Gasteiger partial charge on any atom is 0.162 e. The van der Waals surface area contributed by atoms with Gasteiger partial charge in [-0.3, -0.25) is 4.79 Å². The zero-order valence-corrected chi connectivity index (χ0v) is 20.9. The standard InChI is InChI=1S/C28H34FN5O/c1-4-5-14-25-32-26-27(20-11-8-9-12-22(20)31-28(26)30)34(25)17-10-6-7-13-24(35)19-15-16-23(33(2)3)21(29)18-19/h8-9,11-12,15-16,18H,4-7,10,13-14,17H2,1-3H3,(H2,30,31). The molecule has 0 amide bonds. The number of Topliss-reactive ketones (excluding diaryl/α,β-unsaturated/α-hetero) is 1. The number of fused-ring (bicyclic) bond motifs is 3. The van der Waals surface area contributed by atoms with E-state index in [0.717, 1.165) is 72.8 Å². The van der Waals surface area contributed by atoms with E-state index in [9.17, 15) is 9.18 Å². The third-order valence-electron chi connectivity index (χ3n) is 6.48. The van der Waals surface area contributed by atoms with Crippen molar-refractivity contribution >= 4 is 39.2 Å². The molecular weight excluding hydrogens is 441 g/mol. The van der Waals surface area contributed by atoms with Crippen molar-refractivity contribution in [3.8, 4) is 0 Å². The van der Waals surface area contributed by atoms with Crippen LogP contribution in [0.15, 0.2) is 42.5 Å². The molecule has 4 aromatic rings. The number of benzene rings is 2. The molecule has 0 radical (unpaired) electrons. The number of nitrogens with zero attached hydrogens (tertiary/aromatic N) is 4. The van der Waals surface area contributed by atoms with Gasteiger partial charge in [0.2, 0.25) is 0 Å². The van der Waals surface area contributed by atoms with Gasteiger partial charge < -0.3 is 15.2 Å². The van der Waals surface area contributed by atoms with E-state index in [1.54, 1.807) is 31.1 Å². The molecule has 184 valence electrons. The molecule has 4 rings (SSSR count). The fourth-order valence-corrected chi connectivity index (χ4v) is 4.59. The molecule has 0 atom stereocenters. The van der Waals surface area contributed by atoms with Gasteiger partial charge in [0.1, 0.15) is 17.2 Å². The third kappa shape index (κ3) is 5.29. The van der Waals surface area contributed by atoms with Gasteiger partial charge in [0.25, 0.3) is 0 Å². The summed E-state index contributed by atoms with van der Waals surface area (Å²) in [5.74, 6) is 1.12. The van der Waals surface area contributed by atoms with Crippen LogP contribution in [0.4, 0.5) is 15.9 Å². The zero-order valence-electron chi connectivity index (χ0n) is 20.9. The molecule has 35 heavy (non-hydrogen) atoms. The van der Waals surface area contributed by atoms with E-state index in [0.29, 0.717) is 23.5 Å². The summed E-state index contributed by atoms with van der Waals surface area (Å²) in [4.78, 5) is 23.7. The Kier molecular flexibility index (Phi) is 7.63. The van der Waals surface area contributed by atoms with Crippen LogP contribution in [0.3, 0.4) is 0 Å². The number of unbranched alkanes of at least 4 members (excludes halogenated alkanes) is 3. The van der Waals surface area contributed by atoms with Crippen LogP contribution in [0.1, 0.15) is 61.6 Å². The molecule has 2 aromatic carbocycles. The van der Waals surface area contributed by atoms with Crippen molar-refractivity contribution in [3.05, 3.63) is 59.7 Å². The van der Waals surface area contributed by atoms with E-state index in [1.165, 1.54) is 6.07 Å². The normalized spacial score (nSPS) is 11.4. The first kappa shape index (κ1) is 24.6. The molecule has 0 unspecified atom stereocenters. The van der Waals surface area contributed by atoms with Gasteiger partial charge in [-0.2, -0.15) is 0 Å². The van der Waals surface area contributed by atoms with Crippen molar-refractivity contribution < 1.29 is 9.18 Å². The average molecular weight is 476 g/mol. The molecular formula is C28H34FN5O. The highest BCUT2D eigenvalue weighted by atomic mass is 19.1. The van der Waals surface area contributed by atoms with E-state index in [1.807, 2.05) is 18.2 Å². The zero-order chi connectivity index (χ0) is 24.9. The fourth-order valence-electron chi connectivity index (χ4n) is 4.59. The van der Waals surface area contributed by atoms with Gasteiger partial charge >= 0.3 is 0 Å². The van der Waals surface area contributed by atoms with Crippen LogP contribution in [0.5, 0.6) is 0 Å². The van der Waals surface area contributed by atoms with Crippen LogP contribution in [0, 0.1) is 5.82 Å². The summed E-state index contributed by atoms with van der Waals surface area (Å²) in [6, 6.07) is 12.8. The summed E-state index contributed by atoms with van der Waals surface area (Å²) >= 11 is 0. The second-order valence-electron chi connectivity index (χ2n) is 9.29. The number of ketones is 1. The number of anilines is 2. The van der Waals surface area contributed by atoms with Crippen LogP contribution in [-0.4, -0.2) is 34.4 Å². The smallest absolute Gasteiger partial charge is 0.162 e. The summed E-state index contributed by atoms with van der Waals surface area (Å²) in [6.45, 7) is 2.98. The number of nitrogens with two attached hydrogens (primary N) is 1. The Morgan fingerprint density at radius 3 is 2.60 bits per heavy atom. The molecule has 0 saturated carbocycles. The number of para-hydroxylation sites is 1. The van der Waals surface area contributed by atoms with Crippen molar-refractivity contribution in [2.45, 2.75) is 58.4 Å². The number of hydrogen-bond donors (Lipinski definition) is 1. The first-order valence-corrected chi connectivity index (χ1v) is 12.4. The Hall–Kier alpha value is -3.48. The molecule has 0 aliphatic heterocycles. The van der Waals surface area contributed by atoms with Gasteiger partial charge in [-0.05, 0) is 43.5 Å². The maximum absolute atomic E-state index is 14.2. The van der Waals surface area contributed by atoms with E-state index in [2.05, 4.69) is 22.5 Å². The molecule has 0 spiro atoms. The van der Waals surface area contributed by atoms with Gasteiger partial charge in [-0.15, -0.1) is 0 Å². The number of halogens is 1. The highest BCUT2D eigenvalue weighted by molar-refractivity contribution is 6.06. The second kappa shape index (κ2) is 10.8. The Morgan fingerprint density at radius 1 is 1.06 bits per heavy atom. The Balaban J connectivity index is 1.45. The highest BCUT2D eigenvalue weighted by Gasteiger charge is 2.17. The van der Waals surface area contributed by atoms with Gasteiger partial charge in [0, 0.05) is 44.4 Å². The number of aromatic nitrogens is 3. The molecule has 6 nitrogen and oxygen atoms in total. The molecule has 0 aliphatic rings. The van der Waals surface area contributed by atoms with Crippen LogP contribution in [0.2, 0.25) is 0 Å². The second-order valence-corrected chi connectivity index (χ2v) is 9.29. The predicted molar refractivity (Wildman–Crippen MR) is 142 cm³/mol. The van der Waals surface area contributed by atoms with Gasteiger partial charge in [0.15, 0.2) is 11.6 Å². The molecule has 0 fully saturated rings. The van der Waals surface area contributed by atoms with Crippen molar-refractivity contribution in [2.24, 2.45) is 0 Å².